The maximum absolute atomic E-state index is 13.1. The predicted molar refractivity (Wildman–Crippen MR) is 90.0 cm³/mol. The zero-order valence-electron chi connectivity index (χ0n) is 13.0. The van der Waals surface area contributed by atoms with Gasteiger partial charge in [0.15, 0.2) is 0 Å². The van der Waals surface area contributed by atoms with Crippen molar-refractivity contribution in [3.8, 4) is 11.4 Å². The van der Waals surface area contributed by atoms with Gasteiger partial charge in [-0.3, -0.25) is 0 Å². The quantitative estimate of drug-likeness (QED) is 0.773. The summed E-state index contributed by atoms with van der Waals surface area (Å²) in [5, 5.41) is 0. The summed E-state index contributed by atoms with van der Waals surface area (Å²) in [7, 11) is 0. The van der Waals surface area contributed by atoms with Crippen molar-refractivity contribution in [1.29, 1.82) is 0 Å². The Labute approximate surface area is 138 Å². The summed E-state index contributed by atoms with van der Waals surface area (Å²) in [5.41, 5.74) is 8.23. The third-order valence-electron chi connectivity index (χ3n) is 4.31. The number of aromatic nitrogens is 4. The minimum Gasteiger partial charge on any atom is -0.371 e. The molecule has 24 heavy (non-hydrogen) atoms. The van der Waals surface area contributed by atoms with Crippen molar-refractivity contribution < 1.29 is 4.39 Å². The van der Waals surface area contributed by atoms with Crippen molar-refractivity contribution in [2.75, 3.05) is 23.7 Å². The Morgan fingerprint density at radius 1 is 1.17 bits per heavy atom. The van der Waals surface area contributed by atoms with E-state index in [4.69, 9.17) is 5.73 Å². The molecule has 0 radical (unpaired) electrons. The molecular weight excluding hydrogens is 307 g/mol. The number of benzene rings is 1. The fraction of sp³-hybridized carbons (Fsp3) is 0.235. The second-order valence-electron chi connectivity index (χ2n) is 5.89. The van der Waals surface area contributed by atoms with Gasteiger partial charge < -0.3 is 15.6 Å². The fourth-order valence-corrected chi connectivity index (χ4v) is 3.07. The van der Waals surface area contributed by atoms with E-state index in [1.165, 1.54) is 12.1 Å². The lowest BCUT2D eigenvalue weighted by atomic mass is 10.1. The molecule has 1 atom stereocenters. The molecule has 3 aromatic rings. The first-order valence-electron chi connectivity index (χ1n) is 7.83. The van der Waals surface area contributed by atoms with E-state index in [0.717, 1.165) is 42.4 Å². The molecule has 1 aliphatic rings. The van der Waals surface area contributed by atoms with E-state index in [9.17, 15) is 4.39 Å². The van der Waals surface area contributed by atoms with Crippen molar-refractivity contribution >= 4 is 11.6 Å². The first-order chi connectivity index (χ1) is 11.7. The second-order valence-corrected chi connectivity index (χ2v) is 5.89. The normalized spacial score (nSPS) is 17.4. The predicted octanol–water partition coefficient (Wildman–Crippen LogP) is 2.58. The molecule has 3 N–H and O–H groups in total. The largest absolute Gasteiger partial charge is 0.371 e. The molecule has 1 aliphatic heterocycles. The molecule has 3 heterocycles. The molecule has 0 saturated carbocycles. The van der Waals surface area contributed by atoms with Crippen LogP contribution in [-0.2, 0) is 0 Å². The van der Waals surface area contributed by atoms with E-state index in [-0.39, 0.29) is 11.8 Å². The van der Waals surface area contributed by atoms with E-state index in [1.807, 2.05) is 12.1 Å². The lowest BCUT2D eigenvalue weighted by Gasteiger charge is -2.18. The smallest absolute Gasteiger partial charge is 0.220 e. The fourth-order valence-electron chi connectivity index (χ4n) is 3.07. The van der Waals surface area contributed by atoms with Gasteiger partial charge in [0.2, 0.25) is 5.95 Å². The van der Waals surface area contributed by atoms with Crippen LogP contribution in [0.5, 0.6) is 0 Å². The number of nitrogen functional groups attached to an aromatic ring is 1. The SMILES string of the molecule is Nc1nccc(-c2cnc(C3CCN(c4ccc(F)cc4)C3)[nH]2)n1. The van der Waals surface area contributed by atoms with Crippen LogP contribution in [0.25, 0.3) is 11.4 Å². The maximum atomic E-state index is 13.1. The van der Waals surface area contributed by atoms with Crippen molar-refractivity contribution in [3.63, 3.8) is 0 Å². The van der Waals surface area contributed by atoms with Crippen LogP contribution in [0.15, 0.2) is 42.7 Å². The van der Waals surface area contributed by atoms with Gasteiger partial charge in [-0.15, -0.1) is 0 Å². The lowest BCUT2D eigenvalue weighted by molar-refractivity contribution is 0.627. The van der Waals surface area contributed by atoms with Gasteiger partial charge in [-0.05, 0) is 36.8 Å². The number of halogens is 1. The molecular formula is C17H17FN6. The number of imidazole rings is 1. The zero-order valence-corrected chi connectivity index (χ0v) is 13.0. The Bertz CT molecular complexity index is 844. The Hall–Kier alpha value is -2.96. The highest BCUT2D eigenvalue weighted by molar-refractivity contribution is 5.54. The number of nitrogens with two attached hydrogens (primary N) is 1. The molecule has 2 aromatic heterocycles. The summed E-state index contributed by atoms with van der Waals surface area (Å²) >= 11 is 0. The molecule has 0 bridgehead atoms. The van der Waals surface area contributed by atoms with Gasteiger partial charge in [-0.2, -0.15) is 0 Å². The van der Waals surface area contributed by atoms with Crippen LogP contribution in [0, 0.1) is 5.82 Å². The molecule has 1 fully saturated rings. The number of rotatable bonds is 3. The highest BCUT2D eigenvalue weighted by atomic mass is 19.1. The summed E-state index contributed by atoms with van der Waals surface area (Å²) in [6, 6.07) is 8.41. The standard InChI is InChI=1S/C17H17FN6/c18-12-1-3-13(4-2-12)24-8-6-11(10-24)16-21-9-15(22-16)14-5-7-20-17(19)23-14/h1-5,7,9,11H,6,8,10H2,(H,21,22)(H2,19,20,23). The van der Waals surface area contributed by atoms with Gasteiger partial charge in [0.1, 0.15) is 11.6 Å². The van der Waals surface area contributed by atoms with Gasteiger partial charge in [0.25, 0.3) is 0 Å². The second kappa shape index (κ2) is 5.92. The Kier molecular flexibility index (Phi) is 3.60. The van der Waals surface area contributed by atoms with Crippen LogP contribution in [0.4, 0.5) is 16.0 Å². The number of hydrogen-bond acceptors (Lipinski definition) is 5. The summed E-state index contributed by atoms with van der Waals surface area (Å²) in [6.07, 6.45) is 4.40. The van der Waals surface area contributed by atoms with Crippen LogP contribution in [0.3, 0.4) is 0 Å². The summed E-state index contributed by atoms with van der Waals surface area (Å²) in [5.74, 6) is 1.27. The average molecular weight is 324 g/mol. The monoisotopic (exact) mass is 324 g/mol. The number of hydrogen-bond donors (Lipinski definition) is 2. The van der Waals surface area contributed by atoms with Crippen LogP contribution >= 0.6 is 0 Å². The maximum Gasteiger partial charge on any atom is 0.220 e. The van der Waals surface area contributed by atoms with Gasteiger partial charge in [0, 0.05) is 30.9 Å². The summed E-state index contributed by atoms with van der Waals surface area (Å²) < 4.78 is 13.1. The minimum atomic E-state index is -0.214. The topological polar surface area (TPSA) is 83.7 Å². The molecule has 0 spiro atoms. The van der Waals surface area contributed by atoms with Gasteiger partial charge in [-0.25, -0.2) is 19.3 Å². The zero-order chi connectivity index (χ0) is 16.5. The molecule has 0 aliphatic carbocycles. The molecule has 6 nitrogen and oxygen atoms in total. The third kappa shape index (κ3) is 2.80. The molecule has 4 rings (SSSR count). The average Bonchev–Trinajstić information content (AvgIpc) is 3.25. The summed E-state index contributed by atoms with van der Waals surface area (Å²) in [4.78, 5) is 18.2. The number of H-pyrrole nitrogens is 1. The van der Waals surface area contributed by atoms with Crippen LogP contribution in [0.2, 0.25) is 0 Å². The summed E-state index contributed by atoms with van der Waals surface area (Å²) in [6.45, 7) is 1.78. The minimum absolute atomic E-state index is 0.214. The van der Waals surface area contributed by atoms with E-state index >= 15 is 0 Å². The van der Waals surface area contributed by atoms with E-state index in [2.05, 4.69) is 24.8 Å². The van der Waals surface area contributed by atoms with Gasteiger partial charge in [0.05, 0.1) is 17.6 Å². The van der Waals surface area contributed by atoms with E-state index in [1.54, 1.807) is 18.5 Å². The van der Waals surface area contributed by atoms with Crippen molar-refractivity contribution in [3.05, 3.63) is 54.4 Å². The number of nitrogens with zero attached hydrogens (tertiary/aromatic N) is 4. The van der Waals surface area contributed by atoms with Crippen molar-refractivity contribution in [1.82, 2.24) is 19.9 Å². The first-order valence-corrected chi connectivity index (χ1v) is 7.83. The Balaban J connectivity index is 1.50. The number of aromatic amines is 1. The number of anilines is 2. The molecule has 7 heteroatoms. The van der Waals surface area contributed by atoms with Gasteiger partial charge >= 0.3 is 0 Å². The van der Waals surface area contributed by atoms with Crippen molar-refractivity contribution in [2.45, 2.75) is 12.3 Å². The molecule has 1 unspecified atom stereocenters. The van der Waals surface area contributed by atoms with Crippen LogP contribution < -0.4 is 10.6 Å². The van der Waals surface area contributed by atoms with E-state index in [0.29, 0.717) is 5.92 Å². The highest BCUT2D eigenvalue weighted by Crippen LogP contribution is 2.30. The molecule has 1 aromatic carbocycles. The first kappa shape index (κ1) is 14.6. The molecule has 122 valence electrons. The third-order valence-corrected chi connectivity index (χ3v) is 4.31. The highest BCUT2D eigenvalue weighted by Gasteiger charge is 2.26. The van der Waals surface area contributed by atoms with E-state index < -0.39 is 0 Å². The Morgan fingerprint density at radius 2 is 2.00 bits per heavy atom. The van der Waals surface area contributed by atoms with Gasteiger partial charge in [-0.1, -0.05) is 0 Å². The molecule has 0 amide bonds. The molecule has 1 saturated heterocycles. The van der Waals surface area contributed by atoms with Crippen molar-refractivity contribution in [2.24, 2.45) is 0 Å². The number of nitrogens with one attached hydrogen (secondary N) is 1. The Morgan fingerprint density at radius 3 is 2.79 bits per heavy atom. The van der Waals surface area contributed by atoms with Crippen LogP contribution in [0.1, 0.15) is 18.2 Å². The lowest BCUT2D eigenvalue weighted by Crippen LogP contribution is -2.19. The van der Waals surface area contributed by atoms with Crippen LogP contribution in [-0.4, -0.2) is 33.0 Å².